The fraction of sp³-hybridized carbons (Fsp3) is 0.120. The minimum Gasteiger partial charge on any atom is -0.488 e. The van der Waals surface area contributed by atoms with E-state index in [1.165, 1.54) is 18.2 Å². The molecule has 0 aliphatic carbocycles. The molecule has 0 aromatic heterocycles. The summed E-state index contributed by atoms with van der Waals surface area (Å²) < 4.78 is 6.58. The van der Waals surface area contributed by atoms with Crippen LogP contribution in [0.5, 0.6) is 5.75 Å². The second-order valence-electron chi connectivity index (χ2n) is 7.28. The van der Waals surface area contributed by atoms with Crippen LogP contribution in [0.3, 0.4) is 0 Å². The summed E-state index contributed by atoms with van der Waals surface area (Å²) in [6.45, 7) is 4.04. The molecule has 8 heteroatoms. The first-order valence-electron chi connectivity index (χ1n) is 9.93. The van der Waals surface area contributed by atoms with Crippen molar-refractivity contribution in [3.63, 3.8) is 0 Å². The van der Waals surface area contributed by atoms with Gasteiger partial charge in [-0.2, -0.15) is 5.26 Å². The van der Waals surface area contributed by atoms with Crippen LogP contribution >= 0.6 is 22.6 Å². The van der Waals surface area contributed by atoms with E-state index in [1.807, 2.05) is 32.0 Å². The Morgan fingerprint density at radius 1 is 1.18 bits per heavy atom. The number of anilines is 1. The molecule has 1 amide bonds. The topological polar surface area (TPSA) is 105 Å². The molecule has 166 valence electrons. The molecule has 0 atom stereocenters. The summed E-state index contributed by atoms with van der Waals surface area (Å²) in [7, 11) is 0. The summed E-state index contributed by atoms with van der Waals surface area (Å²) in [6.07, 6.45) is 1.52. The maximum atomic E-state index is 12.6. The Kier molecular flexibility index (Phi) is 7.79. The minimum absolute atomic E-state index is 0.00875. The van der Waals surface area contributed by atoms with Crippen LogP contribution < -0.4 is 10.1 Å². The first kappa shape index (κ1) is 23.9. The molecule has 1 N–H and O–H groups in total. The molecule has 0 aliphatic heterocycles. The molecule has 3 aromatic rings. The maximum Gasteiger partial charge on any atom is 0.269 e. The predicted octanol–water partition coefficient (Wildman–Crippen LogP) is 5.94. The van der Waals surface area contributed by atoms with Gasteiger partial charge < -0.3 is 10.1 Å². The van der Waals surface area contributed by atoms with E-state index in [-0.39, 0.29) is 17.9 Å². The number of benzene rings is 3. The molecule has 3 aromatic carbocycles. The van der Waals surface area contributed by atoms with Crippen molar-refractivity contribution in [1.29, 1.82) is 5.26 Å². The predicted molar refractivity (Wildman–Crippen MR) is 135 cm³/mol. The second kappa shape index (κ2) is 10.7. The molecule has 0 fully saturated rings. The Labute approximate surface area is 205 Å². The molecule has 0 heterocycles. The van der Waals surface area contributed by atoms with Gasteiger partial charge in [0.15, 0.2) is 0 Å². The van der Waals surface area contributed by atoms with Gasteiger partial charge in [0, 0.05) is 17.8 Å². The monoisotopic (exact) mass is 553 g/mol. The largest absolute Gasteiger partial charge is 0.488 e. The number of halogens is 1. The SMILES string of the molecule is Cc1cccc(NC(=O)/C(C#N)=C/c2ccc(OCc3cccc([N+](=O)[O-])c3)c(I)c2)c1C. The number of amides is 1. The van der Waals surface area contributed by atoms with E-state index < -0.39 is 10.8 Å². The number of rotatable bonds is 7. The molecule has 0 bridgehead atoms. The van der Waals surface area contributed by atoms with Gasteiger partial charge in [0.05, 0.1) is 8.49 Å². The first-order valence-corrected chi connectivity index (χ1v) is 11.0. The molecule has 7 nitrogen and oxygen atoms in total. The highest BCUT2D eigenvalue weighted by atomic mass is 127. The van der Waals surface area contributed by atoms with Crippen LogP contribution in [0.25, 0.3) is 6.08 Å². The zero-order chi connectivity index (χ0) is 24.0. The zero-order valence-electron chi connectivity index (χ0n) is 18.0. The van der Waals surface area contributed by atoms with Gasteiger partial charge in [0.25, 0.3) is 11.6 Å². The number of carbonyl (C=O) groups is 1. The third-order valence-electron chi connectivity index (χ3n) is 5.00. The molecular weight excluding hydrogens is 533 g/mol. The summed E-state index contributed by atoms with van der Waals surface area (Å²) >= 11 is 2.10. The number of hydrogen-bond acceptors (Lipinski definition) is 5. The summed E-state index contributed by atoms with van der Waals surface area (Å²) in [6, 6.07) is 19.1. The van der Waals surface area contributed by atoms with E-state index in [1.54, 1.807) is 36.4 Å². The maximum absolute atomic E-state index is 12.6. The highest BCUT2D eigenvalue weighted by Gasteiger charge is 2.12. The quantitative estimate of drug-likeness (QED) is 0.128. The van der Waals surface area contributed by atoms with Crippen LogP contribution in [0.4, 0.5) is 11.4 Å². The smallest absolute Gasteiger partial charge is 0.269 e. The highest BCUT2D eigenvalue weighted by molar-refractivity contribution is 14.1. The molecular formula is C25H20IN3O4. The lowest BCUT2D eigenvalue weighted by atomic mass is 10.1. The lowest BCUT2D eigenvalue weighted by Crippen LogP contribution is -2.14. The lowest BCUT2D eigenvalue weighted by molar-refractivity contribution is -0.384. The van der Waals surface area contributed by atoms with E-state index in [9.17, 15) is 20.2 Å². The molecule has 0 spiro atoms. The van der Waals surface area contributed by atoms with Crippen molar-refractivity contribution in [2.75, 3.05) is 5.32 Å². The molecule has 0 aliphatic rings. The van der Waals surface area contributed by atoms with Crippen molar-refractivity contribution in [3.05, 3.63) is 102 Å². The van der Waals surface area contributed by atoms with Gasteiger partial charge in [0.2, 0.25) is 0 Å². The number of ether oxygens (including phenoxy) is 1. The molecule has 0 unspecified atom stereocenters. The Hall–Kier alpha value is -3.71. The van der Waals surface area contributed by atoms with Crippen LogP contribution in [-0.2, 0) is 11.4 Å². The van der Waals surface area contributed by atoms with Gasteiger partial charge in [0.1, 0.15) is 24.0 Å². The van der Waals surface area contributed by atoms with Crippen LogP contribution in [0.2, 0.25) is 0 Å². The van der Waals surface area contributed by atoms with Gasteiger partial charge in [-0.1, -0.05) is 30.3 Å². The second-order valence-corrected chi connectivity index (χ2v) is 8.44. The fourth-order valence-electron chi connectivity index (χ4n) is 3.04. The fourth-order valence-corrected chi connectivity index (χ4v) is 3.73. The van der Waals surface area contributed by atoms with Gasteiger partial charge in [-0.15, -0.1) is 0 Å². The molecule has 0 radical (unpaired) electrons. The van der Waals surface area contributed by atoms with E-state index in [0.717, 1.165) is 14.7 Å². The Balaban J connectivity index is 1.73. The molecule has 3 rings (SSSR count). The number of nitriles is 1. The average Bonchev–Trinajstić information content (AvgIpc) is 2.80. The number of nitro groups is 1. The number of nitrogens with zero attached hydrogens (tertiary/aromatic N) is 2. The summed E-state index contributed by atoms with van der Waals surface area (Å²) in [5.41, 5.74) is 4.01. The number of nitro benzene ring substituents is 1. The van der Waals surface area contributed by atoms with Crippen LogP contribution in [0, 0.1) is 38.9 Å². The molecule has 0 saturated carbocycles. The van der Waals surface area contributed by atoms with Crippen molar-refractivity contribution in [3.8, 4) is 11.8 Å². The standard InChI is InChI=1S/C25H20IN3O4/c1-16-5-3-8-23(17(16)2)28-25(30)20(14-27)11-18-9-10-24(22(26)13-18)33-15-19-6-4-7-21(12-19)29(31)32/h3-13H,15H2,1-2H3,(H,28,30)/b20-11+. The van der Waals surface area contributed by atoms with E-state index in [4.69, 9.17) is 4.74 Å². The van der Waals surface area contributed by atoms with E-state index in [0.29, 0.717) is 22.6 Å². The summed E-state index contributed by atoms with van der Waals surface area (Å²) in [5, 5.41) is 23.2. The van der Waals surface area contributed by atoms with Crippen molar-refractivity contribution >= 4 is 45.9 Å². The van der Waals surface area contributed by atoms with Crippen molar-refractivity contribution < 1.29 is 14.5 Å². The van der Waals surface area contributed by atoms with Gasteiger partial charge in [-0.3, -0.25) is 14.9 Å². The van der Waals surface area contributed by atoms with Gasteiger partial charge in [-0.25, -0.2) is 0 Å². The Bertz CT molecular complexity index is 1300. The summed E-state index contributed by atoms with van der Waals surface area (Å²) in [4.78, 5) is 23.1. The Morgan fingerprint density at radius 3 is 2.64 bits per heavy atom. The van der Waals surface area contributed by atoms with Crippen LogP contribution in [-0.4, -0.2) is 10.8 Å². The molecule has 33 heavy (non-hydrogen) atoms. The number of non-ortho nitro benzene ring substituents is 1. The van der Waals surface area contributed by atoms with Crippen molar-refractivity contribution in [2.24, 2.45) is 0 Å². The van der Waals surface area contributed by atoms with Crippen molar-refractivity contribution in [1.82, 2.24) is 0 Å². The van der Waals surface area contributed by atoms with Crippen LogP contribution in [0.15, 0.2) is 66.2 Å². The number of hydrogen-bond donors (Lipinski definition) is 1. The average molecular weight is 553 g/mol. The van der Waals surface area contributed by atoms with E-state index in [2.05, 4.69) is 27.9 Å². The first-order chi connectivity index (χ1) is 15.8. The zero-order valence-corrected chi connectivity index (χ0v) is 20.1. The number of aryl methyl sites for hydroxylation is 1. The lowest BCUT2D eigenvalue weighted by Gasteiger charge is -2.10. The van der Waals surface area contributed by atoms with Crippen LogP contribution in [0.1, 0.15) is 22.3 Å². The third kappa shape index (κ3) is 6.17. The molecule has 0 saturated heterocycles. The normalized spacial score (nSPS) is 10.9. The number of carbonyl (C=O) groups excluding carboxylic acids is 1. The Morgan fingerprint density at radius 2 is 1.94 bits per heavy atom. The minimum atomic E-state index is -0.479. The van der Waals surface area contributed by atoms with Crippen molar-refractivity contribution in [2.45, 2.75) is 20.5 Å². The summed E-state index contributed by atoms with van der Waals surface area (Å²) in [5.74, 6) is 0.116. The third-order valence-corrected chi connectivity index (χ3v) is 5.84. The highest BCUT2D eigenvalue weighted by Crippen LogP contribution is 2.25. The van der Waals surface area contributed by atoms with Gasteiger partial charge in [-0.05, 0) is 83.0 Å². The van der Waals surface area contributed by atoms with Gasteiger partial charge >= 0.3 is 0 Å². The van der Waals surface area contributed by atoms with E-state index >= 15 is 0 Å². The number of nitrogens with one attached hydrogen (secondary N) is 1.